The minimum Gasteiger partial charge on any atom is -0.489 e. The third-order valence-corrected chi connectivity index (χ3v) is 5.67. The van der Waals surface area contributed by atoms with Crippen molar-refractivity contribution in [3.05, 3.63) is 80.3 Å². The maximum absolute atomic E-state index is 11.9. The average molecular weight is 444 g/mol. The van der Waals surface area contributed by atoms with Crippen LogP contribution in [0.25, 0.3) is 0 Å². The van der Waals surface area contributed by atoms with E-state index >= 15 is 0 Å². The van der Waals surface area contributed by atoms with Crippen molar-refractivity contribution in [2.75, 3.05) is 6.61 Å². The Labute approximate surface area is 186 Å². The van der Waals surface area contributed by atoms with E-state index in [9.17, 15) is 4.79 Å². The molecule has 0 fully saturated rings. The lowest BCUT2D eigenvalue weighted by atomic mass is 10.00. The van der Waals surface area contributed by atoms with Gasteiger partial charge >= 0.3 is 5.97 Å². The van der Waals surface area contributed by atoms with Gasteiger partial charge in [0.2, 0.25) is 0 Å². The Morgan fingerprint density at radius 2 is 1.93 bits per heavy atom. The molecule has 0 N–H and O–H groups in total. The van der Waals surface area contributed by atoms with Crippen LogP contribution in [0.15, 0.2) is 47.8 Å². The van der Waals surface area contributed by atoms with Gasteiger partial charge in [0.05, 0.1) is 11.6 Å². The van der Waals surface area contributed by atoms with Crippen molar-refractivity contribution in [1.82, 2.24) is 4.98 Å². The molecule has 0 bridgehead atoms. The summed E-state index contributed by atoms with van der Waals surface area (Å²) in [6, 6.07) is 14.1. The number of rotatable bonds is 9. The van der Waals surface area contributed by atoms with Crippen LogP contribution >= 0.6 is 22.9 Å². The van der Waals surface area contributed by atoms with Crippen LogP contribution in [0.5, 0.6) is 5.75 Å². The van der Waals surface area contributed by atoms with E-state index in [-0.39, 0.29) is 0 Å². The van der Waals surface area contributed by atoms with Gasteiger partial charge in [0.15, 0.2) is 5.69 Å². The zero-order chi connectivity index (χ0) is 21.5. The summed E-state index contributed by atoms with van der Waals surface area (Å²) < 4.78 is 11.2. The quantitative estimate of drug-likeness (QED) is 0.362. The molecule has 158 valence electrons. The largest absolute Gasteiger partial charge is 0.489 e. The highest BCUT2D eigenvalue weighted by molar-refractivity contribution is 7.09. The molecular weight excluding hydrogens is 418 g/mol. The number of aromatic nitrogens is 1. The Bertz CT molecular complexity index is 985. The second-order valence-corrected chi connectivity index (χ2v) is 8.80. The van der Waals surface area contributed by atoms with Gasteiger partial charge in [-0.2, -0.15) is 0 Å². The maximum atomic E-state index is 11.9. The first kappa shape index (κ1) is 22.3. The van der Waals surface area contributed by atoms with Crippen molar-refractivity contribution in [2.45, 2.75) is 40.2 Å². The Morgan fingerprint density at radius 1 is 1.17 bits per heavy atom. The summed E-state index contributed by atoms with van der Waals surface area (Å²) in [5.74, 6) is 0.888. The van der Waals surface area contributed by atoms with E-state index in [1.807, 2.05) is 42.5 Å². The Balaban J connectivity index is 1.85. The molecule has 1 heterocycles. The number of hydrogen-bond acceptors (Lipinski definition) is 5. The van der Waals surface area contributed by atoms with Crippen molar-refractivity contribution in [1.29, 1.82) is 0 Å². The fraction of sp³-hybridized carbons (Fsp3) is 0.333. The summed E-state index contributed by atoms with van der Waals surface area (Å²) in [4.78, 5) is 16.3. The smallest absolute Gasteiger partial charge is 0.357 e. The molecule has 0 saturated carbocycles. The first-order valence-corrected chi connectivity index (χ1v) is 11.3. The Hall–Kier alpha value is -2.37. The number of halogens is 1. The Kier molecular flexibility index (Phi) is 7.88. The molecule has 0 atom stereocenters. The van der Waals surface area contributed by atoms with Crippen molar-refractivity contribution < 1.29 is 14.3 Å². The topological polar surface area (TPSA) is 48.4 Å². The third-order valence-electron chi connectivity index (χ3n) is 4.47. The standard InChI is InChI=1S/C24H26ClNO3S/c1-4-28-24(27)21-15-30-23(26-21)13-19-11-20(25)18(10-16(2)3)12-22(19)29-14-17-8-6-5-7-9-17/h5-9,11-12,15-16H,4,10,13-14H2,1-3H3. The monoisotopic (exact) mass is 443 g/mol. The molecule has 0 amide bonds. The summed E-state index contributed by atoms with van der Waals surface area (Å²) in [5.41, 5.74) is 3.46. The van der Waals surface area contributed by atoms with E-state index in [1.165, 1.54) is 11.3 Å². The molecule has 30 heavy (non-hydrogen) atoms. The summed E-state index contributed by atoms with van der Waals surface area (Å²) >= 11 is 8.01. The minimum atomic E-state index is -0.397. The molecule has 1 aromatic heterocycles. The summed E-state index contributed by atoms with van der Waals surface area (Å²) in [5, 5.41) is 3.27. The fourth-order valence-corrected chi connectivity index (χ4v) is 4.14. The first-order chi connectivity index (χ1) is 14.5. The highest BCUT2D eigenvalue weighted by Crippen LogP contribution is 2.32. The number of benzene rings is 2. The minimum absolute atomic E-state index is 0.329. The molecule has 0 radical (unpaired) electrons. The van der Waals surface area contributed by atoms with E-state index in [4.69, 9.17) is 21.1 Å². The van der Waals surface area contributed by atoms with Crippen molar-refractivity contribution in [3.63, 3.8) is 0 Å². The summed E-state index contributed by atoms with van der Waals surface area (Å²) in [6.07, 6.45) is 1.42. The normalized spacial score (nSPS) is 11.0. The Morgan fingerprint density at radius 3 is 2.63 bits per heavy atom. The molecule has 0 saturated heterocycles. The number of esters is 1. The number of nitrogens with zero attached hydrogens (tertiary/aromatic N) is 1. The zero-order valence-corrected chi connectivity index (χ0v) is 19.1. The second kappa shape index (κ2) is 10.6. The van der Waals surface area contributed by atoms with Crippen LogP contribution < -0.4 is 4.74 Å². The van der Waals surface area contributed by atoms with Gasteiger partial charge in [-0.05, 0) is 42.5 Å². The van der Waals surface area contributed by atoms with Gasteiger partial charge in [-0.1, -0.05) is 55.8 Å². The average Bonchev–Trinajstić information content (AvgIpc) is 3.18. The van der Waals surface area contributed by atoms with Crippen LogP contribution in [0.3, 0.4) is 0 Å². The number of carbonyl (C=O) groups is 1. The molecule has 6 heteroatoms. The summed E-state index contributed by atoms with van der Waals surface area (Å²) in [6.45, 7) is 6.92. The molecule has 0 unspecified atom stereocenters. The van der Waals surface area contributed by atoms with Crippen LogP contribution in [0.1, 0.15) is 53.0 Å². The van der Waals surface area contributed by atoms with E-state index in [0.717, 1.165) is 38.9 Å². The highest BCUT2D eigenvalue weighted by Gasteiger charge is 2.16. The number of carbonyl (C=O) groups excluding carboxylic acids is 1. The zero-order valence-electron chi connectivity index (χ0n) is 17.5. The molecule has 3 aromatic rings. The first-order valence-electron chi connectivity index (χ1n) is 10.1. The van der Waals surface area contributed by atoms with E-state index < -0.39 is 5.97 Å². The number of thiazole rings is 1. The maximum Gasteiger partial charge on any atom is 0.357 e. The van der Waals surface area contributed by atoms with Gasteiger partial charge in [-0.15, -0.1) is 11.3 Å². The van der Waals surface area contributed by atoms with Gasteiger partial charge < -0.3 is 9.47 Å². The van der Waals surface area contributed by atoms with E-state index in [1.54, 1.807) is 12.3 Å². The molecule has 2 aromatic carbocycles. The van der Waals surface area contributed by atoms with Crippen LogP contribution in [0, 0.1) is 5.92 Å². The molecule has 0 aliphatic carbocycles. The molecule has 4 nitrogen and oxygen atoms in total. The number of ether oxygens (including phenoxy) is 2. The molecule has 0 spiro atoms. The van der Waals surface area contributed by atoms with Crippen LogP contribution in [-0.4, -0.2) is 17.6 Å². The predicted octanol–water partition coefficient (Wildman–Crippen LogP) is 6.34. The fourth-order valence-electron chi connectivity index (χ4n) is 3.09. The van der Waals surface area contributed by atoms with Crippen molar-refractivity contribution in [2.24, 2.45) is 5.92 Å². The van der Waals surface area contributed by atoms with Crippen molar-refractivity contribution in [3.8, 4) is 5.75 Å². The second-order valence-electron chi connectivity index (χ2n) is 7.45. The lowest BCUT2D eigenvalue weighted by molar-refractivity contribution is 0.0520. The van der Waals surface area contributed by atoms with Crippen LogP contribution in [-0.2, 0) is 24.2 Å². The third kappa shape index (κ3) is 6.07. The van der Waals surface area contributed by atoms with Crippen molar-refractivity contribution >= 4 is 28.9 Å². The van der Waals surface area contributed by atoms with Gasteiger partial charge in [0.1, 0.15) is 12.4 Å². The van der Waals surface area contributed by atoms with E-state index in [0.29, 0.717) is 31.2 Å². The highest BCUT2D eigenvalue weighted by atomic mass is 35.5. The molecule has 3 rings (SSSR count). The lowest BCUT2D eigenvalue weighted by Gasteiger charge is -2.16. The number of hydrogen-bond donors (Lipinski definition) is 0. The predicted molar refractivity (Wildman–Crippen MR) is 122 cm³/mol. The van der Waals surface area contributed by atoms with Gasteiger partial charge in [0.25, 0.3) is 0 Å². The molecule has 0 aliphatic rings. The summed E-state index contributed by atoms with van der Waals surface area (Å²) in [7, 11) is 0. The van der Waals surface area contributed by atoms with Gasteiger partial charge in [0, 0.05) is 22.4 Å². The lowest BCUT2D eigenvalue weighted by Crippen LogP contribution is -2.05. The van der Waals surface area contributed by atoms with Crippen LogP contribution in [0.2, 0.25) is 5.02 Å². The molecule has 0 aliphatic heterocycles. The SMILES string of the molecule is CCOC(=O)c1csc(Cc2cc(Cl)c(CC(C)C)cc2OCc2ccccc2)n1. The van der Waals surface area contributed by atoms with Crippen LogP contribution in [0.4, 0.5) is 0 Å². The van der Waals surface area contributed by atoms with Gasteiger partial charge in [-0.25, -0.2) is 9.78 Å². The van der Waals surface area contributed by atoms with E-state index in [2.05, 4.69) is 18.8 Å². The molecular formula is C24H26ClNO3S. The van der Waals surface area contributed by atoms with Gasteiger partial charge in [-0.3, -0.25) is 0 Å².